The quantitative estimate of drug-likeness (QED) is 0.726. The van der Waals surface area contributed by atoms with Crippen LogP contribution in [0.4, 0.5) is 0 Å². The highest BCUT2D eigenvalue weighted by Crippen LogP contribution is 2.15. The van der Waals surface area contributed by atoms with Gasteiger partial charge in [0.05, 0.1) is 11.0 Å². The molecule has 0 bridgehead atoms. The first-order valence-corrected chi connectivity index (χ1v) is 4.32. The first kappa shape index (κ1) is 8.74. The standard InChI is InChI=1S/C10H11N3O/c1-6-3-4-7-8(5-6)13(2)10(12-7)9(11)14/h3-5H,1-2H3,(H2,11,14). The first-order valence-electron chi connectivity index (χ1n) is 4.32. The van der Waals surface area contributed by atoms with Crippen molar-refractivity contribution in [2.24, 2.45) is 12.8 Å². The molecule has 0 spiro atoms. The number of carbonyl (C=O) groups excluding carboxylic acids is 1. The van der Waals surface area contributed by atoms with E-state index in [-0.39, 0.29) is 0 Å². The lowest BCUT2D eigenvalue weighted by Gasteiger charge is -1.97. The molecule has 0 saturated heterocycles. The van der Waals surface area contributed by atoms with Crippen molar-refractivity contribution in [3.8, 4) is 0 Å². The van der Waals surface area contributed by atoms with E-state index in [1.807, 2.05) is 25.1 Å². The number of nitrogens with zero attached hydrogens (tertiary/aromatic N) is 2. The highest BCUT2D eigenvalue weighted by Gasteiger charge is 2.11. The Labute approximate surface area is 81.3 Å². The van der Waals surface area contributed by atoms with E-state index < -0.39 is 5.91 Å². The molecule has 0 aliphatic heterocycles. The predicted molar refractivity (Wildman–Crippen MR) is 54.0 cm³/mol. The van der Waals surface area contributed by atoms with Crippen LogP contribution in [0.3, 0.4) is 0 Å². The number of fused-ring (bicyclic) bond motifs is 1. The Bertz CT molecular complexity index is 513. The van der Waals surface area contributed by atoms with Crippen molar-refractivity contribution < 1.29 is 4.79 Å². The van der Waals surface area contributed by atoms with E-state index in [4.69, 9.17) is 5.73 Å². The van der Waals surface area contributed by atoms with Crippen LogP contribution in [0.5, 0.6) is 0 Å². The van der Waals surface area contributed by atoms with Crippen molar-refractivity contribution in [2.75, 3.05) is 0 Å². The molecule has 1 amide bonds. The number of hydrogen-bond donors (Lipinski definition) is 1. The van der Waals surface area contributed by atoms with E-state index in [0.29, 0.717) is 5.82 Å². The maximum absolute atomic E-state index is 11.0. The number of aryl methyl sites for hydroxylation is 2. The number of carbonyl (C=O) groups is 1. The van der Waals surface area contributed by atoms with Crippen molar-refractivity contribution >= 4 is 16.9 Å². The maximum Gasteiger partial charge on any atom is 0.284 e. The molecule has 14 heavy (non-hydrogen) atoms. The second kappa shape index (κ2) is 2.83. The van der Waals surface area contributed by atoms with Gasteiger partial charge < -0.3 is 10.3 Å². The van der Waals surface area contributed by atoms with Crippen LogP contribution in [-0.4, -0.2) is 15.5 Å². The summed E-state index contributed by atoms with van der Waals surface area (Å²) in [4.78, 5) is 15.2. The Kier molecular flexibility index (Phi) is 1.77. The fourth-order valence-corrected chi connectivity index (χ4v) is 1.52. The molecular formula is C10H11N3O. The molecule has 0 radical (unpaired) electrons. The highest BCUT2D eigenvalue weighted by molar-refractivity contribution is 5.93. The van der Waals surface area contributed by atoms with Gasteiger partial charge in [0.15, 0.2) is 5.82 Å². The van der Waals surface area contributed by atoms with Crippen LogP contribution < -0.4 is 5.73 Å². The highest BCUT2D eigenvalue weighted by atomic mass is 16.1. The summed E-state index contributed by atoms with van der Waals surface area (Å²) in [6.07, 6.45) is 0. The van der Waals surface area contributed by atoms with Crippen LogP contribution in [0.1, 0.15) is 16.2 Å². The molecule has 0 aliphatic carbocycles. The number of aromatic nitrogens is 2. The third kappa shape index (κ3) is 1.16. The van der Waals surface area contributed by atoms with Crippen LogP contribution >= 0.6 is 0 Å². The van der Waals surface area contributed by atoms with Gasteiger partial charge in [-0.15, -0.1) is 0 Å². The molecule has 2 N–H and O–H groups in total. The van der Waals surface area contributed by atoms with E-state index in [0.717, 1.165) is 16.6 Å². The van der Waals surface area contributed by atoms with Gasteiger partial charge in [0.2, 0.25) is 0 Å². The fourth-order valence-electron chi connectivity index (χ4n) is 1.52. The molecule has 1 aromatic carbocycles. The molecule has 0 aliphatic rings. The number of nitrogens with two attached hydrogens (primary N) is 1. The average Bonchev–Trinajstić information content (AvgIpc) is 2.44. The topological polar surface area (TPSA) is 60.9 Å². The molecule has 72 valence electrons. The van der Waals surface area contributed by atoms with Gasteiger partial charge in [-0.3, -0.25) is 4.79 Å². The van der Waals surface area contributed by atoms with Crippen LogP contribution in [-0.2, 0) is 7.05 Å². The minimum Gasteiger partial charge on any atom is -0.363 e. The van der Waals surface area contributed by atoms with Gasteiger partial charge in [0.25, 0.3) is 5.91 Å². The normalized spacial score (nSPS) is 10.7. The smallest absolute Gasteiger partial charge is 0.284 e. The minimum atomic E-state index is -0.499. The zero-order chi connectivity index (χ0) is 10.3. The SMILES string of the molecule is Cc1ccc2nc(C(N)=O)n(C)c2c1. The summed E-state index contributed by atoms with van der Waals surface area (Å²) in [5.74, 6) is -0.202. The van der Waals surface area contributed by atoms with Crippen LogP contribution in [0.15, 0.2) is 18.2 Å². The largest absolute Gasteiger partial charge is 0.363 e. The van der Waals surface area contributed by atoms with Crippen molar-refractivity contribution in [3.05, 3.63) is 29.6 Å². The van der Waals surface area contributed by atoms with Crippen molar-refractivity contribution in [3.63, 3.8) is 0 Å². The number of benzene rings is 1. The summed E-state index contributed by atoms with van der Waals surface area (Å²) in [6.45, 7) is 2.00. The van der Waals surface area contributed by atoms with Crippen molar-refractivity contribution in [1.29, 1.82) is 0 Å². The number of rotatable bonds is 1. The van der Waals surface area contributed by atoms with Gasteiger partial charge in [-0.2, -0.15) is 0 Å². The Morgan fingerprint density at radius 1 is 1.50 bits per heavy atom. The van der Waals surface area contributed by atoms with Gasteiger partial charge >= 0.3 is 0 Å². The van der Waals surface area contributed by atoms with E-state index in [1.54, 1.807) is 11.6 Å². The lowest BCUT2D eigenvalue weighted by Crippen LogP contribution is -2.16. The molecule has 1 aromatic heterocycles. The van der Waals surface area contributed by atoms with Gasteiger partial charge in [-0.1, -0.05) is 6.07 Å². The van der Waals surface area contributed by atoms with E-state index in [9.17, 15) is 4.79 Å². The number of primary amides is 1. The first-order chi connectivity index (χ1) is 6.59. The molecule has 0 atom stereocenters. The number of imidazole rings is 1. The second-order valence-electron chi connectivity index (χ2n) is 3.35. The Morgan fingerprint density at radius 3 is 2.86 bits per heavy atom. The zero-order valence-corrected chi connectivity index (χ0v) is 8.11. The van der Waals surface area contributed by atoms with Crippen molar-refractivity contribution in [1.82, 2.24) is 9.55 Å². The maximum atomic E-state index is 11.0. The fraction of sp³-hybridized carbons (Fsp3) is 0.200. The predicted octanol–water partition coefficient (Wildman–Crippen LogP) is 0.981. The Hall–Kier alpha value is -1.84. The van der Waals surface area contributed by atoms with E-state index in [2.05, 4.69) is 4.98 Å². The summed E-state index contributed by atoms with van der Waals surface area (Å²) in [5.41, 5.74) is 8.06. The molecule has 0 fully saturated rings. The summed E-state index contributed by atoms with van der Waals surface area (Å²) in [6, 6.07) is 5.83. The number of hydrogen-bond acceptors (Lipinski definition) is 2. The monoisotopic (exact) mass is 189 g/mol. The molecular weight excluding hydrogens is 178 g/mol. The lowest BCUT2D eigenvalue weighted by atomic mass is 10.2. The van der Waals surface area contributed by atoms with E-state index in [1.165, 1.54) is 0 Å². The third-order valence-corrected chi connectivity index (χ3v) is 2.26. The second-order valence-corrected chi connectivity index (χ2v) is 3.35. The Balaban J connectivity index is 2.80. The summed E-state index contributed by atoms with van der Waals surface area (Å²) < 4.78 is 1.71. The summed E-state index contributed by atoms with van der Waals surface area (Å²) in [5, 5.41) is 0. The third-order valence-electron chi connectivity index (χ3n) is 2.26. The van der Waals surface area contributed by atoms with Gasteiger partial charge in [-0.05, 0) is 24.6 Å². The van der Waals surface area contributed by atoms with Crippen LogP contribution in [0.2, 0.25) is 0 Å². The Morgan fingerprint density at radius 2 is 2.21 bits per heavy atom. The average molecular weight is 189 g/mol. The lowest BCUT2D eigenvalue weighted by molar-refractivity contribution is 0.0988. The summed E-state index contributed by atoms with van der Waals surface area (Å²) in [7, 11) is 1.79. The molecule has 0 saturated carbocycles. The molecule has 2 rings (SSSR count). The van der Waals surface area contributed by atoms with E-state index >= 15 is 0 Å². The van der Waals surface area contributed by atoms with Gasteiger partial charge in [0, 0.05) is 7.05 Å². The van der Waals surface area contributed by atoms with Gasteiger partial charge in [0.1, 0.15) is 0 Å². The van der Waals surface area contributed by atoms with Gasteiger partial charge in [-0.25, -0.2) is 4.98 Å². The summed E-state index contributed by atoms with van der Waals surface area (Å²) >= 11 is 0. The molecule has 2 aromatic rings. The molecule has 4 heteroatoms. The number of amides is 1. The molecule has 4 nitrogen and oxygen atoms in total. The molecule has 1 heterocycles. The zero-order valence-electron chi connectivity index (χ0n) is 8.11. The minimum absolute atomic E-state index is 0.297. The molecule has 0 unspecified atom stereocenters. The van der Waals surface area contributed by atoms with Crippen LogP contribution in [0, 0.1) is 6.92 Å². The van der Waals surface area contributed by atoms with Crippen molar-refractivity contribution in [2.45, 2.75) is 6.92 Å². The van der Waals surface area contributed by atoms with Crippen LogP contribution in [0.25, 0.3) is 11.0 Å².